The van der Waals surface area contributed by atoms with Gasteiger partial charge in [0.2, 0.25) is 5.91 Å². The van der Waals surface area contributed by atoms with Crippen LogP contribution in [0.2, 0.25) is 0 Å². The standard InChI is InChI=1S/C20H30BrN3O3/c1-20(2,3)15-5-6-17(16(21)13-15)27-12-4-9-23-19(26)24-18(25)14-7-10-22-11-8-14/h5-6,13-14,22H,4,7-12H2,1-3H3,(H2,23,24,25,26). The van der Waals surface area contributed by atoms with E-state index in [4.69, 9.17) is 4.74 Å². The van der Waals surface area contributed by atoms with Gasteiger partial charge in [-0.05, 0) is 71.4 Å². The molecule has 0 unspecified atom stereocenters. The number of hydrogen-bond acceptors (Lipinski definition) is 4. The summed E-state index contributed by atoms with van der Waals surface area (Å²) in [6.07, 6.45) is 2.20. The molecule has 7 heteroatoms. The van der Waals surface area contributed by atoms with Gasteiger partial charge in [0.05, 0.1) is 11.1 Å². The van der Waals surface area contributed by atoms with Crippen molar-refractivity contribution in [2.45, 2.75) is 45.4 Å². The molecular formula is C20H30BrN3O3. The predicted molar refractivity (Wildman–Crippen MR) is 110 cm³/mol. The van der Waals surface area contributed by atoms with E-state index >= 15 is 0 Å². The van der Waals surface area contributed by atoms with Gasteiger partial charge in [-0.25, -0.2) is 4.79 Å². The van der Waals surface area contributed by atoms with Gasteiger partial charge in [0.1, 0.15) is 5.75 Å². The lowest BCUT2D eigenvalue weighted by Gasteiger charge is -2.21. The molecule has 6 nitrogen and oxygen atoms in total. The summed E-state index contributed by atoms with van der Waals surface area (Å²) < 4.78 is 6.69. The largest absolute Gasteiger partial charge is 0.492 e. The second kappa shape index (κ2) is 10.1. The van der Waals surface area contributed by atoms with Crippen LogP contribution in [-0.4, -0.2) is 38.2 Å². The summed E-state index contributed by atoms with van der Waals surface area (Å²) in [7, 11) is 0. The quantitative estimate of drug-likeness (QED) is 0.593. The van der Waals surface area contributed by atoms with Gasteiger partial charge in [-0.1, -0.05) is 26.8 Å². The number of piperidine rings is 1. The van der Waals surface area contributed by atoms with Crippen molar-refractivity contribution in [1.82, 2.24) is 16.0 Å². The maximum atomic E-state index is 12.0. The monoisotopic (exact) mass is 439 g/mol. The molecule has 0 aromatic heterocycles. The van der Waals surface area contributed by atoms with Crippen LogP contribution in [0.25, 0.3) is 0 Å². The van der Waals surface area contributed by atoms with E-state index in [0.717, 1.165) is 36.2 Å². The van der Waals surface area contributed by atoms with E-state index < -0.39 is 6.03 Å². The smallest absolute Gasteiger partial charge is 0.321 e. The van der Waals surface area contributed by atoms with E-state index in [9.17, 15) is 9.59 Å². The summed E-state index contributed by atoms with van der Waals surface area (Å²) in [6, 6.07) is 5.67. The summed E-state index contributed by atoms with van der Waals surface area (Å²) >= 11 is 3.55. The predicted octanol–water partition coefficient (Wildman–Crippen LogP) is 3.34. The Morgan fingerprint density at radius 1 is 1.26 bits per heavy atom. The van der Waals surface area contributed by atoms with Crippen LogP contribution in [0.1, 0.15) is 45.6 Å². The van der Waals surface area contributed by atoms with Crippen molar-refractivity contribution in [3.8, 4) is 5.75 Å². The molecule has 150 valence electrons. The second-order valence-corrected chi connectivity index (χ2v) is 8.72. The van der Waals surface area contributed by atoms with Crippen molar-refractivity contribution in [2.75, 3.05) is 26.2 Å². The van der Waals surface area contributed by atoms with Crippen LogP contribution in [-0.2, 0) is 10.2 Å². The number of hydrogen-bond donors (Lipinski definition) is 3. The molecule has 1 fully saturated rings. The van der Waals surface area contributed by atoms with Crippen molar-refractivity contribution in [3.63, 3.8) is 0 Å². The molecule has 1 heterocycles. The zero-order chi connectivity index (χ0) is 19.9. The number of carbonyl (C=O) groups excluding carboxylic acids is 2. The third-order valence-electron chi connectivity index (χ3n) is 4.61. The molecule has 3 N–H and O–H groups in total. The SMILES string of the molecule is CC(C)(C)c1ccc(OCCCNC(=O)NC(=O)C2CCNCC2)c(Br)c1. The minimum Gasteiger partial charge on any atom is -0.492 e. The summed E-state index contributed by atoms with van der Waals surface area (Å²) in [4.78, 5) is 23.8. The van der Waals surface area contributed by atoms with E-state index in [1.54, 1.807) is 0 Å². The molecule has 0 spiro atoms. The molecule has 0 atom stereocenters. The first kappa shape index (κ1) is 21.7. The third-order valence-corrected chi connectivity index (χ3v) is 5.23. The molecule has 1 aromatic carbocycles. The van der Waals surface area contributed by atoms with Gasteiger partial charge in [0.15, 0.2) is 0 Å². The first-order chi connectivity index (χ1) is 12.8. The average Bonchev–Trinajstić information content (AvgIpc) is 2.62. The molecule has 0 bridgehead atoms. The van der Waals surface area contributed by atoms with Gasteiger partial charge >= 0.3 is 6.03 Å². The Kier molecular flexibility index (Phi) is 8.10. The topological polar surface area (TPSA) is 79.5 Å². The van der Waals surface area contributed by atoms with Crippen LogP contribution < -0.4 is 20.7 Å². The van der Waals surface area contributed by atoms with Crippen LogP contribution in [0.15, 0.2) is 22.7 Å². The highest BCUT2D eigenvalue weighted by Gasteiger charge is 2.22. The molecule has 0 radical (unpaired) electrons. The lowest BCUT2D eigenvalue weighted by Crippen LogP contribution is -2.45. The summed E-state index contributed by atoms with van der Waals surface area (Å²) in [5, 5.41) is 8.33. The highest BCUT2D eigenvalue weighted by molar-refractivity contribution is 9.10. The Morgan fingerprint density at radius 3 is 2.59 bits per heavy atom. The van der Waals surface area contributed by atoms with Gasteiger partial charge in [-0.15, -0.1) is 0 Å². The molecule has 1 aromatic rings. The van der Waals surface area contributed by atoms with Gasteiger partial charge in [-0.3, -0.25) is 10.1 Å². The Hall–Kier alpha value is -1.60. The van der Waals surface area contributed by atoms with Crippen molar-refractivity contribution < 1.29 is 14.3 Å². The van der Waals surface area contributed by atoms with Crippen LogP contribution in [0.3, 0.4) is 0 Å². The normalized spacial score (nSPS) is 15.3. The molecule has 1 aliphatic rings. The minimum atomic E-state index is -0.436. The fraction of sp³-hybridized carbons (Fsp3) is 0.600. The number of benzene rings is 1. The van der Waals surface area contributed by atoms with E-state index in [1.165, 1.54) is 5.56 Å². The molecule has 2 rings (SSSR count). The van der Waals surface area contributed by atoms with E-state index in [1.807, 2.05) is 6.07 Å². The van der Waals surface area contributed by atoms with Gasteiger partial charge in [0, 0.05) is 12.5 Å². The van der Waals surface area contributed by atoms with E-state index in [-0.39, 0.29) is 17.2 Å². The van der Waals surface area contributed by atoms with Gasteiger partial charge < -0.3 is 15.4 Å². The number of amides is 3. The number of urea groups is 1. The molecule has 3 amide bonds. The van der Waals surface area contributed by atoms with Crippen LogP contribution in [0.4, 0.5) is 4.79 Å². The first-order valence-corrected chi connectivity index (χ1v) is 10.3. The fourth-order valence-electron chi connectivity index (χ4n) is 2.88. The Bertz CT molecular complexity index is 652. The van der Waals surface area contributed by atoms with Gasteiger partial charge in [-0.2, -0.15) is 0 Å². The van der Waals surface area contributed by atoms with Crippen molar-refractivity contribution in [1.29, 1.82) is 0 Å². The lowest BCUT2D eigenvalue weighted by atomic mass is 9.87. The Morgan fingerprint density at radius 2 is 1.96 bits per heavy atom. The minimum absolute atomic E-state index is 0.0752. The second-order valence-electron chi connectivity index (χ2n) is 7.87. The van der Waals surface area contributed by atoms with Crippen LogP contribution in [0.5, 0.6) is 5.75 Å². The maximum Gasteiger partial charge on any atom is 0.321 e. The summed E-state index contributed by atoms with van der Waals surface area (Å²) in [5.41, 5.74) is 1.32. The zero-order valence-corrected chi connectivity index (χ0v) is 17.9. The molecular weight excluding hydrogens is 410 g/mol. The Labute approximate surface area is 169 Å². The number of halogens is 1. The number of imide groups is 1. The van der Waals surface area contributed by atoms with Gasteiger partial charge in [0.25, 0.3) is 0 Å². The average molecular weight is 440 g/mol. The molecule has 0 aliphatic carbocycles. The lowest BCUT2D eigenvalue weighted by molar-refractivity contribution is -0.124. The number of rotatable bonds is 6. The summed E-state index contributed by atoms with van der Waals surface area (Å²) in [5.74, 6) is 0.524. The highest BCUT2D eigenvalue weighted by atomic mass is 79.9. The van der Waals surface area contributed by atoms with E-state index in [0.29, 0.717) is 19.6 Å². The number of carbonyl (C=O) groups is 2. The van der Waals surface area contributed by atoms with Crippen molar-refractivity contribution >= 4 is 27.9 Å². The highest BCUT2D eigenvalue weighted by Crippen LogP contribution is 2.31. The maximum absolute atomic E-state index is 12.0. The molecule has 27 heavy (non-hydrogen) atoms. The molecule has 1 saturated heterocycles. The summed E-state index contributed by atoms with van der Waals surface area (Å²) in [6.45, 7) is 9.08. The first-order valence-electron chi connectivity index (χ1n) is 9.49. The van der Waals surface area contributed by atoms with E-state index in [2.05, 4.69) is 64.8 Å². The van der Waals surface area contributed by atoms with Crippen LogP contribution in [0, 0.1) is 5.92 Å². The van der Waals surface area contributed by atoms with Crippen molar-refractivity contribution in [3.05, 3.63) is 28.2 Å². The Balaban J connectivity index is 1.65. The van der Waals surface area contributed by atoms with Crippen molar-refractivity contribution in [2.24, 2.45) is 5.92 Å². The third kappa shape index (κ3) is 7.14. The van der Waals surface area contributed by atoms with Crippen LogP contribution >= 0.6 is 15.9 Å². The number of nitrogens with one attached hydrogen (secondary N) is 3. The zero-order valence-electron chi connectivity index (χ0n) is 16.4. The molecule has 0 saturated carbocycles. The molecule has 1 aliphatic heterocycles. The fourth-order valence-corrected chi connectivity index (χ4v) is 3.38. The number of ether oxygens (including phenoxy) is 1.